The fourth-order valence-corrected chi connectivity index (χ4v) is 8.74. The van der Waals surface area contributed by atoms with Gasteiger partial charge in [-0.15, -0.1) is 0 Å². The minimum Gasteiger partial charge on any atom is -0.0888 e. The summed E-state index contributed by atoms with van der Waals surface area (Å²) in [6.45, 7) is 8.97. The smallest absolute Gasteiger partial charge is 0.0597 e. The van der Waals surface area contributed by atoms with Crippen LogP contribution in [0.15, 0.2) is 48.6 Å². The predicted molar refractivity (Wildman–Crippen MR) is 141 cm³/mol. The lowest BCUT2D eigenvalue weighted by Gasteiger charge is -2.28. The van der Waals surface area contributed by atoms with Crippen LogP contribution in [0.3, 0.4) is 0 Å². The van der Waals surface area contributed by atoms with Crippen LogP contribution in [0.2, 0.25) is 0 Å². The van der Waals surface area contributed by atoms with Crippen molar-refractivity contribution < 1.29 is 0 Å². The van der Waals surface area contributed by atoms with Crippen molar-refractivity contribution in [2.75, 3.05) is 24.6 Å². The molecule has 0 N–H and O–H groups in total. The largest absolute Gasteiger partial charge is 0.0888 e. The van der Waals surface area contributed by atoms with E-state index in [0.29, 0.717) is 0 Å². The molecule has 168 valence electrons. The third kappa shape index (κ3) is 17.9. The van der Waals surface area contributed by atoms with Gasteiger partial charge in [0.05, 0.1) is 24.6 Å². The summed E-state index contributed by atoms with van der Waals surface area (Å²) in [4.78, 5) is 0. The van der Waals surface area contributed by atoms with Crippen LogP contribution in [0.25, 0.3) is 0 Å². The number of rotatable bonds is 20. The summed E-state index contributed by atoms with van der Waals surface area (Å²) in [5, 5.41) is 0. The summed E-state index contributed by atoms with van der Waals surface area (Å²) in [6.07, 6.45) is 40.7. The van der Waals surface area contributed by atoms with Crippen molar-refractivity contribution in [3.05, 3.63) is 48.6 Å². The first kappa shape index (κ1) is 28.4. The Hall–Kier alpha value is -0.610. The first-order valence-corrected chi connectivity index (χ1v) is 15.2. The highest BCUT2D eigenvalue weighted by Gasteiger charge is 2.34. The number of hydrogen-bond acceptors (Lipinski definition) is 0. The van der Waals surface area contributed by atoms with E-state index >= 15 is 0 Å². The van der Waals surface area contributed by atoms with Gasteiger partial charge >= 0.3 is 0 Å². The van der Waals surface area contributed by atoms with E-state index in [1.807, 2.05) is 0 Å². The molecule has 0 aliphatic carbocycles. The van der Waals surface area contributed by atoms with Crippen LogP contribution in [0.5, 0.6) is 0 Å². The van der Waals surface area contributed by atoms with Crippen LogP contribution in [-0.4, -0.2) is 24.6 Å². The summed E-state index contributed by atoms with van der Waals surface area (Å²) >= 11 is 0. The summed E-state index contributed by atoms with van der Waals surface area (Å²) < 4.78 is 0. The van der Waals surface area contributed by atoms with Gasteiger partial charge in [-0.3, -0.25) is 0 Å². The van der Waals surface area contributed by atoms with Crippen LogP contribution in [-0.2, 0) is 0 Å². The maximum absolute atomic E-state index is 2.42. The maximum Gasteiger partial charge on any atom is 0.0597 e. The predicted octanol–water partition coefficient (Wildman–Crippen LogP) is 9.99. The topological polar surface area (TPSA) is 0 Å². The number of unbranched alkanes of at least 4 members (excludes halogenated alkanes) is 4. The van der Waals surface area contributed by atoms with Gasteiger partial charge in [-0.05, 0) is 77.0 Å². The zero-order valence-corrected chi connectivity index (χ0v) is 21.3. The molecule has 0 spiro atoms. The summed E-state index contributed by atoms with van der Waals surface area (Å²) in [7, 11) is -0.826. The molecule has 0 aliphatic heterocycles. The van der Waals surface area contributed by atoms with Crippen molar-refractivity contribution in [3.63, 3.8) is 0 Å². The average molecular weight is 420 g/mol. The lowest BCUT2D eigenvalue weighted by Crippen LogP contribution is -2.13. The van der Waals surface area contributed by atoms with E-state index in [1.54, 1.807) is 0 Å². The molecular weight excluding hydrogens is 367 g/mol. The Labute approximate surface area is 185 Å². The van der Waals surface area contributed by atoms with Gasteiger partial charge in [0.2, 0.25) is 0 Å². The minimum atomic E-state index is -0.826. The lowest BCUT2D eigenvalue weighted by atomic mass is 10.3. The SMILES string of the molecule is CCC=CCCC[P+](CCCC=CCC)(CCCC=CCC)CCCC=CCC. The van der Waals surface area contributed by atoms with E-state index < -0.39 is 7.26 Å². The second-order valence-electron chi connectivity index (χ2n) is 8.32. The first-order chi connectivity index (χ1) is 14.2. The molecule has 0 nitrogen and oxygen atoms in total. The molecule has 0 atom stereocenters. The van der Waals surface area contributed by atoms with E-state index in [1.165, 1.54) is 102 Å². The number of hydrogen-bond donors (Lipinski definition) is 0. The van der Waals surface area contributed by atoms with Crippen LogP contribution >= 0.6 is 7.26 Å². The first-order valence-electron chi connectivity index (χ1n) is 12.7. The van der Waals surface area contributed by atoms with Gasteiger partial charge in [-0.25, -0.2) is 0 Å². The average Bonchev–Trinajstić information content (AvgIpc) is 2.73. The zero-order valence-electron chi connectivity index (χ0n) is 20.4. The van der Waals surface area contributed by atoms with Gasteiger partial charge in [0.25, 0.3) is 0 Å². The molecule has 0 rings (SSSR count). The highest BCUT2D eigenvalue weighted by Crippen LogP contribution is 2.61. The molecule has 0 aromatic heterocycles. The van der Waals surface area contributed by atoms with E-state index in [4.69, 9.17) is 0 Å². The van der Waals surface area contributed by atoms with Gasteiger partial charge in [-0.1, -0.05) is 76.3 Å². The molecule has 0 saturated carbocycles. The quantitative estimate of drug-likeness (QED) is 0.105. The van der Waals surface area contributed by atoms with Gasteiger partial charge in [-0.2, -0.15) is 0 Å². The fourth-order valence-electron chi connectivity index (χ4n) is 3.99. The Balaban J connectivity index is 4.94. The summed E-state index contributed by atoms with van der Waals surface area (Å²) in [6, 6.07) is 0. The Morgan fingerprint density at radius 2 is 0.621 bits per heavy atom. The maximum atomic E-state index is 2.42. The van der Waals surface area contributed by atoms with Crippen molar-refractivity contribution >= 4 is 7.26 Å². The highest BCUT2D eigenvalue weighted by atomic mass is 31.2. The normalized spacial score (nSPS) is 14.8. The third-order valence-electron chi connectivity index (χ3n) is 5.62. The van der Waals surface area contributed by atoms with Gasteiger partial charge in [0.1, 0.15) is 0 Å². The molecule has 0 fully saturated rings. The Bertz CT molecular complexity index is 356. The third-order valence-corrected chi connectivity index (χ3v) is 10.7. The Kier molecular flexibility index (Phi) is 21.6. The Morgan fingerprint density at radius 3 is 0.828 bits per heavy atom. The van der Waals surface area contributed by atoms with Crippen molar-refractivity contribution in [2.45, 2.75) is 105 Å². The molecule has 0 radical (unpaired) electrons. The van der Waals surface area contributed by atoms with Gasteiger partial charge in [0, 0.05) is 7.26 Å². The molecule has 0 heterocycles. The fraction of sp³-hybridized carbons (Fsp3) is 0.714. The van der Waals surface area contributed by atoms with Gasteiger partial charge in [0.15, 0.2) is 0 Å². The second kappa shape index (κ2) is 22.1. The lowest BCUT2D eigenvalue weighted by molar-refractivity contribution is 0.865. The summed E-state index contributed by atoms with van der Waals surface area (Å²) in [5.74, 6) is 0. The van der Waals surface area contributed by atoms with Crippen molar-refractivity contribution in [3.8, 4) is 0 Å². The van der Waals surface area contributed by atoms with Crippen LogP contribution in [0, 0.1) is 0 Å². The molecule has 0 aromatic rings. The van der Waals surface area contributed by atoms with Crippen molar-refractivity contribution in [1.82, 2.24) is 0 Å². The molecule has 0 saturated heterocycles. The zero-order chi connectivity index (χ0) is 21.5. The van der Waals surface area contributed by atoms with Gasteiger partial charge < -0.3 is 0 Å². The molecule has 0 aliphatic rings. The van der Waals surface area contributed by atoms with E-state index in [9.17, 15) is 0 Å². The summed E-state index contributed by atoms with van der Waals surface area (Å²) in [5.41, 5.74) is 0. The van der Waals surface area contributed by atoms with Crippen LogP contribution in [0.4, 0.5) is 0 Å². The molecule has 0 amide bonds. The molecule has 0 unspecified atom stereocenters. The van der Waals surface area contributed by atoms with Crippen LogP contribution < -0.4 is 0 Å². The van der Waals surface area contributed by atoms with Crippen LogP contribution in [0.1, 0.15) is 105 Å². The van der Waals surface area contributed by atoms with E-state index in [0.717, 1.165) is 0 Å². The minimum absolute atomic E-state index is 0.826. The van der Waals surface area contributed by atoms with E-state index in [-0.39, 0.29) is 0 Å². The van der Waals surface area contributed by atoms with Crippen molar-refractivity contribution in [1.29, 1.82) is 0 Å². The molecular formula is C28H52P+. The van der Waals surface area contributed by atoms with E-state index in [2.05, 4.69) is 76.3 Å². The molecule has 1 heteroatoms. The highest BCUT2D eigenvalue weighted by molar-refractivity contribution is 7.75. The molecule has 0 aromatic carbocycles. The standard InChI is InChI=1S/C28H52P/c1-5-9-13-17-21-25-29(26-22-18-14-10-6-2,27-23-19-15-11-7-3)28-24-20-16-12-8-4/h9-16H,5-8,17-28H2,1-4H3/q+1. The second-order valence-corrected chi connectivity index (χ2v) is 12.8. The monoisotopic (exact) mass is 419 g/mol. The number of allylic oxidation sites excluding steroid dienone is 8. The molecule has 29 heavy (non-hydrogen) atoms. The Morgan fingerprint density at radius 1 is 0.379 bits per heavy atom. The van der Waals surface area contributed by atoms with Crippen molar-refractivity contribution in [2.24, 2.45) is 0 Å². The molecule has 0 bridgehead atoms.